The molecule has 88 valence electrons. The number of hydrogen-bond acceptors (Lipinski definition) is 2. The molecular formula is C15H18NO+. The molecule has 0 fully saturated rings. The zero-order valence-electron chi connectivity index (χ0n) is 10.6. The Morgan fingerprint density at radius 1 is 1.12 bits per heavy atom. The number of fused-ring (bicyclic) bond motifs is 1. The Hall–Kier alpha value is -1.67. The molecule has 0 heterocycles. The molecule has 2 rings (SSSR count). The average Bonchev–Trinajstić information content (AvgIpc) is 2.35. The molecule has 0 aliphatic rings. The van der Waals surface area contributed by atoms with Gasteiger partial charge in [-0.2, -0.15) is 4.74 Å². The van der Waals surface area contributed by atoms with Gasteiger partial charge in [0.05, 0.1) is 7.11 Å². The van der Waals surface area contributed by atoms with Crippen LogP contribution in [0.4, 0.5) is 5.69 Å². The summed E-state index contributed by atoms with van der Waals surface area (Å²) >= 11 is 0. The fourth-order valence-electron chi connectivity index (χ4n) is 2.11. The molecule has 2 heteroatoms. The lowest BCUT2D eigenvalue weighted by Crippen LogP contribution is -2.09. The van der Waals surface area contributed by atoms with Gasteiger partial charge in [0.15, 0.2) is 0 Å². The van der Waals surface area contributed by atoms with Gasteiger partial charge in [-0.15, -0.1) is 0 Å². The second kappa shape index (κ2) is 5.11. The lowest BCUT2D eigenvalue weighted by Gasteiger charge is -2.16. The highest BCUT2D eigenvalue weighted by Gasteiger charge is 2.10. The molecule has 0 unspecified atom stereocenters. The predicted octanol–water partition coefficient (Wildman–Crippen LogP) is 3.26. The first-order valence-electron chi connectivity index (χ1n) is 5.76. The van der Waals surface area contributed by atoms with Crippen LogP contribution in [0.25, 0.3) is 10.8 Å². The molecule has 0 atom stereocenters. The van der Waals surface area contributed by atoms with Crippen LogP contribution in [0.3, 0.4) is 0 Å². The van der Waals surface area contributed by atoms with E-state index in [1.165, 1.54) is 22.0 Å². The molecule has 2 nitrogen and oxygen atoms in total. The summed E-state index contributed by atoms with van der Waals surface area (Å²) in [6.45, 7) is 1.83. The minimum atomic E-state index is 0.832. The molecule has 0 saturated carbocycles. The third kappa shape index (κ3) is 2.37. The van der Waals surface area contributed by atoms with Gasteiger partial charge < -0.3 is 4.90 Å². The van der Waals surface area contributed by atoms with Crippen LogP contribution in [0.2, 0.25) is 0 Å². The maximum Gasteiger partial charge on any atom is 0.231 e. The topological polar surface area (TPSA) is 12.5 Å². The van der Waals surface area contributed by atoms with Crippen molar-refractivity contribution in [2.45, 2.75) is 6.42 Å². The van der Waals surface area contributed by atoms with Gasteiger partial charge in [-0.25, -0.2) is 0 Å². The van der Waals surface area contributed by atoms with Crippen LogP contribution in [0.15, 0.2) is 36.4 Å². The molecule has 0 spiro atoms. The van der Waals surface area contributed by atoms with Crippen molar-refractivity contribution >= 4 is 16.5 Å². The summed E-state index contributed by atoms with van der Waals surface area (Å²) in [4.78, 5) is 2.15. The minimum absolute atomic E-state index is 0.832. The van der Waals surface area contributed by atoms with E-state index in [1.54, 1.807) is 7.11 Å². The predicted molar refractivity (Wildman–Crippen MR) is 73.3 cm³/mol. The molecule has 0 radical (unpaired) electrons. The van der Waals surface area contributed by atoms with Crippen LogP contribution in [-0.4, -0.2) is 21.2 Å². The molecule has 0 aliphatic carbocycles. The van der Waals surface area contributed by atoms with E-state index < -0.39 is 0 Å². The van der Waals surface area contributed by atoms with Gasteiger partial charge >= 0.3 is 0 Å². The number of benzene rings is 2. The monoisotopic (exact) mass is 228 g/mol. The molecule has 17 heavy (non-hydrogen) atoms. The van der Waals surface area contributed by atoms with Gasteiger partial charge in [0.25, 0.3) is 0 Å². The SMILES string of the molecule is CO[CH+]Cc1cccc2cccc(N(C)C)c12. The molecule has 0 aromatic heterocycles. The summed E-state index contributed by atoms with van der Waals surface area (Å²) in [5, 5.41) is 2.59. The van der Waals surface area contributed by atoms with E-state index in [0.717, 1.165) is 6.42 Å². The first-order valence-corrected chi connectivity index (χ1v) is 5.76. The van der Waals surface area contributed by atoms with Gasteiger partial charge in [-0.1, -0.05) is 30.3 Å². The van der Waals surface area contributed by atoms with Crippen LogP contribution >= 0.6 is 0 Å². The van der Waals surface area contributed by atoms with E-state index >= 15 is 0 Å². The summed E-state index contributed by atoms with van der Waals surface area (Å²) in [5.41, 5.74) is 2.55. The molecular weight excluding hydrogens is 210 g/mol. The number of rotatable bonds is 4. The van der Waals surface area contributed by atoms with Crippen molar-refractivity contribution in [1.82, 2.24) is 0 Å². The van der Waals surface area contributed by atoms with Crippen molar-refractivity contribution in [3.8, 4) is 0 Å². The highest BCUT2D eigenvalue weighted by Crippen LogP contribution is 2.29. The highest BCUT2D eigenvalue weighted by molar-refractivity contribution is 5.96. The molecule has 2 aromatic carbocycles. The van der Waals surface area contributed by atoms with Gasteiger partial charge in [0, 0.05) is 30.7 Å². The van der Waals surface area contributed by atoms with Crippen molar-refractivity contribution in [2.24, 2.45) is 0 Å². The summed E-state index contributed by atoms with van der Waals surface area (Å²) in [6.07, 6.45) is 0.832. The fourth-order valence-corrected chi connectivity index (χ4v) is 2.11. The molecule has 0 saturated heterocycles. The zero-order valence-corrected chi connectivity index (χ0v) is 10.6. The van der Waals surface area contributed by atoms with E-state index in [0.29, 0.717) is 0 Å². The van der Waals surface area contributed by atoms with Gasteiger partial charge in [-0.05, 0) is 11.5 Å². The van der Waals surface area contributed by atoms with Crippen molar-refractivity contribution < 1.29 is 4.74 Å². The summed E-state index contributed by atoms with van der Waals surface area (Å²) in [6, 6.07) is 12.8. The number of nitrogens with zero attached hydrogens (tertiary/aromatic N) is 1. The van der Waals surface area contributed by atoms with Crippen LogP contribution in [0, 0.1) is 6.61 Å². The minimum Gasteiger partial charge on any atom is -0.377 e. The largest absolute Gasteiger partial charge is 0.377 e. The molecule has 0 aliphatic heterocycles. The van der Waals surface area contributed by atoms with Crippen molar-refractivity contribution in [3.05, 3.63) is 48.6 Å². The quantitative estimate of drug-likeness (QED) is 0.745. The van der Waals surface area contributed by atoms with E-state index in [2.05, 4.69) is 55.4 Å². The summed E-state index contributed by atoms with van der Waals surface area (Å²) in [7, 11) is 5.84. The third-order valence-electron chi connectivity index (χ3n) is 2.92. The maximum absolute atomic E-state index is 5.06. The smallest absolute Gasteiger partial charge is 0.231 e. The maximum atomic E-state index is 5.06. The number of hydrogen-bond donors (Lipinski definition) is 0. The fraction of sp³-hybridized carbons (Fsp3) is 0.267. The van der Waals surface area contributed by atoms with E-state index in [1.807, 2.05) is 6.61 Å². The van der Waals surface area contributed by atoms with Crippen LogP contribution in [0.5, 0.6) is 0 Å². The number of methoxy groups -OCH3 is 1. The van der Waals surface area contributed by atoms with Gasteiger partial charge in [0.1, 0.15) is 6.42 Å². The lowest BCUT2D eigenvalue weighted by molar-refractivity contribution is 0.272. The number of anilines is 1. The Morgan fingerprint density at radius 2 is 1.82 bits per heavy atom. The average molecular weight is 228 g/mol. The number of ether oxygens (including phenoxy) is 1. The Balaban J connectivity index is 2.58. The lowest BCUT2D eigenvalue weighted by atomic mass is 10.0. The molecule has 2 aromatic rings. The molecule has 0 bridgehead atoms. The molecule has 0 amide bonds. The van der Waals surface area contributed by atoms with Gasteiger partial charge in [-0.3, -0.25) is 0 Å². The first-order chi connectivity index (χ1) is 8.24. The van der Waals surface area contributed by atoms with Crippen LogP contribution in [0.1, 0.15) is 5.56 Å². The third-order valence-corrected chi connectivity index (χ3v) is 2.92. The van der Waals surface area contributed by atoms with Gasteiger partial charge in [0.2, 0.25) is 6.61 Å². The second-order valence-electron chi connectivity index (χ2n) is 4.29. The Kier molecular flexibility index (Phi) is 3.55. The van der Waals surface area contributed by atoms with E-state index in [4.69, 9.17) is 4.74 Å². The van der Waals surface area contributed by atoms with Crippen molar-refractivity contribution in [2.75, 3.05) is 26.1 Å². The zero-order chi connectivity index (χ0) is 12.3. The van der Waals surface area contributed by atoms with Crippen molar-refractivity contribution in [3.63, 3.8) is 0 Å². The first kappa shape index (κ1) is 11.8. The second-order valence-corrected chi connectivity index (χ2v) is 4.29. The van der Waals surface area contributed by atoms with Crippen molar-refractivity contribution in [1.29, 1.82) is 0 Å². The Labute approximate surface area is 103 Å². The van der Waals surface area contributed by atoms with Crippen LogP contribution < -0.4 is 4.90 Å². The Bertz CT molecular complexity index is 500. The molecule has 0 N–H and O–H groups in total. The van der Waals surface area contributed by atoms with E-state index in [-0.39, 0.29) is 0 Å². The standard InChI is InChI=1S/C15H18NO/c1-16(2)14-9-5-8-12-6-4-7-13(15(12)14)10-11-17-3/h4-9,11H,10H2,1-3H3/q+1. The van der Waals surface area contributed by atoms with E-state index in [9.17, 15) is 0 Å². The Morgan fingerprint density at radius 3 is 2.47 bits per heavy atom. The normalized spacial score (nSPS) is 10.5. The highest BCUT2D eigenvalue weighted by atomic mass is 16.5. The summed E-state index contributed by atoms with van der Waals surface area (Å²) < 4.78 is 5.06. The summed E-state index contributed by atoms with van der Waals surface area (Å²) in [5.74, 6) is 0. The van der Waals surface area contributed by atoms with Crippen LogP contribution in [-0.2, 0) is 11.2 Å².